The molecule has 0 N–H and O–H groups in total. The zero-order valence-electron chi connectivity index (χ0n) is 17.8. The van der Waals surface area contributed by atoms with Gasteiger partial charge in [0.15, 0.2) is 17.2 Å². The molecular weight excluding hydrogens is 449 g/mol. The second kappa shape index (κ2) is 9.75. The summed E-state index contributed by atoms with van der Waals surface area (Å²) in [5, 5.41) is 0.424. The van der Waals surface area contributed by atoms with Gasteiger partial charge in [0.1, 0.15) is 12.4 Å². The highest BCUT2D eigenvalue weighted by Gasteiger charge is 2.26. The van der Waals surface area contributed by atoms with Gasteiger partial charge in [-0.3, -0.25) is 0 Å². The maximum Gasteiger partial charge on any atom is 0.363 e. The van der Waals surface area contributed by atoms with E-state index in [1.54, 1.807) is 54.6 Å². The number of hydrogen-bond acceptors (Lipinski definition) is 6. The summed E-state index contributed by atoms with van der Waals surface area (Å²) in [4.78, 5) is 16.7. The summed E-state index contributed by atoms with van der Waals surface area (Å²) in [6.45, 7) is 0.114. The topological polar surface area (TPSA) is 66.4 Å². The number of aliphatic imine (C=N–C) groups is 1. The zero-order valence-corrected chi connectivity index (χ0v) is 18.6. The van der Waals surface area contributed by atoms with Crippen molar-refractivity contribution in [2.45, 2.75) is 6.61 Å². The molecule has 0 bridgehead atoms. The lowest BCUT2D eigenvalue weighted by atomic mass is 10.1. The molecule has 0 radical (unpaired) electrons. The van der Waals surface area contributed by atoms with Crippen molar-refractivity contribution >= 4 is 29.5 Å². The van der Waals surface area contributed by atoms with E-state index in [-0.39, 0.29) is 24.0 Å². The first-order valence-electron chi connectivity index (χ1n) is 9.89. The van der Waals surface area contributed by atoms with Gasteiger partial charge in [0.2, 0.25) is 11.6 Å². The molecule has 0 aromatic heterocycles. The highest BCUT2D eigenvalue weighted by Crippen LogP contribution is 2.40. The Bertz CT molecular complexity index is 1250. The van der Waals surface area contributed by atoms with Gasteiger partial charge in [-0.05, 0) is 53.6 Å². The smallest absolute Gasteiger partial charge is 0.363 e. The summed E-state index contributed by atoms with van der Waals surface area (Å²) < 4.78 is 35.5. The van der Waals surface area contributed by atoms with Crippen molar-refractivity contribution in [1.82, 2.24) is 0 Å². The zero-order chi connectivity index (χ0) is 23.4. The van der Waals surface area contributed by atoms with Crippen LogP contribution in [0.2, 0.25) is 5.02 Å². The molecule has 4 rings (SSSR count). The minimum atomic E-state index is -0.603. The Labute approximate surface area is 194 Å². The molecule has 1 aliphatic rings. The monoisotopic (exact) mass is 467 g/mol. The fourth-order valence-corrected chi connectivity index (χ4v) is 3.44. The van der Waals surface area contributed by atoms with Gasteiger partial charge >= 0.3 is 5.97 Å². The van der Waals surface area contributed by atoms with E-state index in [2.05, 4.69) is 4.99 Å². The van der Waals surface area contributed by atoms with Crippen molar-refractivity contribution in [3.8, 4) is 17.2 Å². The molecule has 0 amide bonds. The van der Waals surface area contributed by atoms with Gasteiger partial charge in [0, 0.05) is 0 Å². The minimum Gasteiger partial charge on any atom is -0.493 e. The number of nitrogens with zero attached hydrogens (tertiary/aromatic N) is 1. The van der Waals surface area contributed by atoms with Crippen LogP contribution in [0.4, 0.5) is 4.39 Å². The van der Waals surface area contributed by atoms with E-state index in [1.165, 1.54) is 26.4 Å². The Kier molecular flexibility index (Phi) is 6.60. The average molecular weight is 468 g/mol. The number of hydrogen-bond donors (Lipinski definition) is 0. The molecule has 3 aromatic carbocycles. The molecule has 0 saturated heterocycles. The van der Waals surface area contributed by atoms with Crippen molar-refractivity contribution in [3.05, 3.63) is 93.9 Å². The quantitative estimate of drug-likeness (QED) is 0.343. The number of carbonyl (C=O) groups is 1. The SMILES string of the molecule is COc1cc(/C=C2/N=C(c3ccccc3Cl)OC2=O)cc(OC)c1OCc1cccc(F)c1. The van der Waals surface area contributed by atoms with Gasteiger partial charge in [-0.25, -0.2) is 14.2 Å². The summed E-state index contributed by atoms with van der Waals surface area (Å²) >= 11 is 6.18. The van der Waals surface area contributed by atoms with Crippen LogP contribution in [0, 0.1) is 5.82 Å². The molecule has 0 spiro atoms. The molecule has 168 valence electrons. The van der Waals surface area contributed by atoms with Crippen LogP contribution in [0.15, 0.2) is 71.4 Å². The number of methoxy groups -OCH3 is 2. The first-order valence-corrected chi connectivity index (χ1v) is 10.3. The average Bonchev–Trinajstić information content (AvgIpc) is 3.17. The Hall–Kier alpha value is -3.84. The van der Waals surface area contributed by atoms with Crippen molar-refractivity contribution in [3.63, 3.8) is 0 Å². The van der Waals surface area contributed by atoms with Gasteiger partial charge in [0.05, 0.1) is 24.8 Å². The molecule has 0 unspecified atom stereocenters. The van der Waals surface area contributed by atoms with E-state index in [0.29, 0.717) is 39.0 Å². The lowest BCUT2D eigenvalue weighted by Crippen LogP contribution is -2.05. The Morgan fingerprint density at radius 1 is 1.03 bits per heavy atom. The Morgan fingerprint density at radius 3 is 2.42 bits per heavy atom. The third kappa shape index (κ3) is 4.99. The Morgan fingerprint density at radius 2 is 1.76 bits per heavy atom. The second-order valence-electron chi connectivity index (χ2n) is 6.99. The van der Waals surface area contributed by atoms with Gasteiger partial charge in [-0.1, -0.05) is 35.9 Å². The predicted octanol–water partition coefficient (Wildman–Crippen LogP) is 5.42. The van der Waals surface area contributed by atoms with Gasteiger partial charge in [-0.2, -0.15) is 0 Å². The molecule has 0 fully saturated rings. The summed E-state index contributed by atoms with van der Waals surface area (Å²) in [5.41, 5.74) is 1.85. The van der Waals surface area contributed by atoms with E-state index >= 15 is 0 Å². The number of ether oxygens (including phenoxy) is 4. The molecule has 3 aromatic rings. The lowest BCUT2D eigenvalue weighted by Gasteiger charge is -2.15. The summed E-state index contributed by atoms with van der Waals surface area (Å²) in [7, 11) is 2.97. The largest absolute Gasteiger partial charge is 0.493 e. The Balaban J connectivity index is 1.64. The van der Waals surface area contributed by atoms with Gasteiger partial charge in [-0.15, -0.1) is 0 Å². The molecule has 33 heavy (non-hydrogen) atoms. The third-order valence-electron chi connectivity index (χ3n) is 4.78. The van der Waals surface area contributed by atoms with Crippen LogP contribution < -0.4 is 14.2 Å². The lowest BCUT2D eigenvalue weighted by molar-refractivity contribution is -0.129. The van der Waals surface area contributed by atoms with Crippen LogP contribution in [-0.2, 0) is 16.1 Å². The maximum absolute atomic E-state index is 13.5. The van der Waals surface area contributed by atoms with Crippen molar-refractivity contribution in [2.24, 2.45) is 4.99 Å². The van der Waals surface area contributed by atoms with Gasteiger partial charge < -0.3 is 18.9 Å². The normalized spacial score (nSPS) is 14.1. The second-order valence-corrected chi connectivity index (χ2v) is 7.40. The third-order valence-corrected chi connectivity index (χ3v) is 5.11. The fraction of sp³-hybridized carbons (Fsp3) is 0.120. The summed E-state index contributed by atoms with van der Waals surface area (Å²) in [6.07, 6.45) is 1.55. The highest BCUT2D eigenvalue weighted by atomic mass is 35.5. The van der Waals surface area contributed by atoms with E-state index in [4.69, 9.17) is 30.5 Å². The van der Waals surface area contributed by atoms with Crippen molar-refractivity contribution in [1.29, 1.82) is 0 Å². The number of cyclic esters (lactones) is 1. The van der Waals surface area contributed by atoms with Crippen LogP contribution in [0.1, 0.15) is 16.7 Å². The van der Waals surface area contributed by atoms with E-state index in [1.807, 2.05) is 0 Å². The molecule has 8 heteroatoms. The standard InChI is InChI=1S/C25H19ClFNO5/c1-30-21-12-16(11-20-25(29)33-24(28-20)18-8-3-4-9-19(18)26)13-22(31-2)23(21)32-14-15-6-5-7-17(27)10-15/h3-13H,14H2,1-2H3/b20-11+. The highest BCUT2D eigenvalue weighted by molar-refractivity contribution is 6.34. The number of halogens is 2. The number of benzene rings is 3. The van der Waals surface area contributed by atoms with Crippen LogP contribution in [0.3, 0.4) is 0 Å². The molecule has 0 saturated carbocycles. The van der Waals surface area contributed by atoms with E-state index in [0.717, 1.165) is 0 Å². The van der Waals surface area contributed by atoms with Crippen molar-refractivity contribution < 1.29 is 28.1 Å². The summed E-state index contributed by atoms with van der Waals surface area (Å²) in [5.74, 6) is 0.275. The van der Waals surface area contributed by atoms with Crippen LogP contribution >= 0.6 is 11.6 Å². The minimum absolute atomic E-state index is 0.0995. The first kappa shape index (κ1) is 22.4. The van der Waals surface area contributed by atoms with E-state index < -0.39 is 5.97 Å². The van der Waals surface area contributed by atoms with Crippen LogP contribution in [0.5, 0.6) is 17.2 Å². The van der Waals surface area contributed by atoms with Crippen LogP contribution in [-0.4, -0.2) is 26.1 Å². The summed E-state index contributed by atoms with van der Waals surface area (Å²) in [6, 6.07) is 16.4. The molecule has 0 aliphatic carbocycles. The molecule has 1 heterocycles. The predicted molar refractivity (Wildman–Crippen MR) is 122 cm³/mol. The van der Waals surface area contributed by atoms with Crippen LogP contribution in [0.25, 0.3) is 6.08 Å². The fourth-order valence-electron chi connectivity index (χ4n) is 3.22. The number of esters is 1. The number of carbonyl (C=O) groups excluding carboxylic acids is 1. The molecule has 6 nitrogen and oxygen atoms in total. The maximum atomic E-state index is 13.5. The molecular formula is C25H19ClFNO5. The van der Waals surface area contributed by atoms with Crippen molar-refractivity contribution in [2.75, 3.05) is 14.2 Å². The molecule has 0 atom stereocenters. The number of rotatable bonds is 7. The molecule has 1 aliphatic heterocycles. The van der Waals surface area contributed by atoms with E-state index in [9.17, 15) is 9.18 Å². The first-order chi connectivity index (χ1) is 16.0. The van der Waals surface area contributed by atoms with Gasteiger partial charge in [0.25, 0.3) is 0 Å².